The molecule has 5 N–H and O–H groups in total. The van der Waals surface area contributed by atoms with E-state index >= 15 is 0 Å². The maximum Gasteiger partial charge on any atom is 0.248 e. The molecule has 94 valence electrons. The van der Waals surface area contributed by atoms with E-state index in [0.29, 0.717) is 17.9 Å². The topological polar surface area (TPSA) is 94.0 Å². The summed E-state index contributed by atoms with van der Waals surface area (Å²) >= 11 is 0. The van der Waals surface area contributed by atoms with Crippen LogP contribution in [0.4, 0.5) is 5.82 Å². The Hall–Kier alpha value is -1.62. The number of carbonyl (C=O) groups is 1. The average molecular weight is 236 g/mol. The van der Waals surface area contributed by atoms with Crippen LogP contribution in [0.5, 0.6) is 0 Å². The molecule has 1 aromatic rings. The lowest BCUT2D eigenvalue weighted by molar-refractivity contribution is 0.1000. The third-order valence-electron chi connectivity index (χ3n) is 2.59. The predicted octanol–water partition coefficient (Wildman–Crippen LogP) is 1.11. The van der Waals surface area contributed by atoms with Crippen LogP contribution in [-0.2, 0) is 0 Å². The minimum absolute atomic E-state index is 0.186. The first-order chi connectivity index (χ1) is 8.17. The first kappa shape index (κ1) is 13.4. The number of amides is 1. The van der Waals surface area contributed by atoms with Gasteiger partial charge in [0.1, 0.15) is 5.82 Å². The molecule has 0 aliphatic heterocycles. The van der Waals surface area contributed by atoms with Gasteiger partial charge in [-0.25, -0.2) is 4.98 Å². The number of pyridine rings is 1. The third kappa shape index (κ3) is 4.40. The number of aromatic nitrogens is 1. The summed E-state index contributed by atoms with van der Waals surface area (Å²) in [5, 5.41) is 3.21. The van der Waals surface area contributed by atoms with E-state index in [2.05, 4.69) is 17.2 Å². The van der Waals surface area contributed by atoms with E-state index in [1.54, 1.807) is 18.3 Å². The summed E-state index contributed by atoms with van der Waals surface area (Å²) < 4.78 is 0. The van der Waals surface area contributed by atoms with Crippen LogP contribution in [0.1, 0.15) is 36.5 Å². The standard InChI is InChI=1S/C12H20N4O/c1-2-3-4-10(8-13)16-11-7-9(12(14)17)5-6-15-11/h5-7,10H,2-4,8,13H2,1H3,(H2,14,17)(H,15,16). The highest BCUT2D eigenvalue weighted by molar-refractivity contribution is 5.93. The van der Waals surface area contributed by atoms with Gasteiger partial charge in [-0.2, -0.15) is 0 Å². The number of nitrogens with two attached hydrogens (primary N) is 2. The minimum Gasteiger partial charge on any atom is -0.366 e. The zero-order valence-corrected chi connectivity index (χ0v) is 10.1. The van der Waals surface area contributed by atoms with Gasteiger partial charge >= 0.3 is 0 Å². The van der Waals surface area contributed by atoms with E-state index in [9.17, 15) is 4.79 Å². The summed E-state index contributed by atoms with van der Waals surface area (Å²) in [4.78, 5) is 15.2. The van der Waals surface area contributed by atoms with Crippen molar-refractivity contribution in [3.63, 3.8) is 0 Å². The normalized spacial score (nSPS) is 12.1. The molecule has 0 aliphatic carbocycles. The van der Waals surface area contributed by atoms with Gasteiger partial charge in [-0.15, -0.1) is 0 Å². The molecule has 0 spiro atoms. The van der Waals surface area contributed by atoms with Gasteiger partial charge in [0.2, 0.25) is 5.91 Å². The third-order valence-corrected chi connectivity index (χ3v) is 2.59. The largest absolute Gasteiger partial charge is 0.366 e. The van der Waals surface area contributed by atoms with Crippen molar-refractivity contribution in [3.05, 3.63) is 23.9 Å². The van der Waals surface area contributed by atoms with Crippen molar-refractivity contribution in [3.8, 4) is 0 Å². The van der Waals surface area contributed by atoms with E-state index in [-0.39, 0.29) is 6.04 Å². The molecule has 1 atom stereocenters. The molecule has 17 heavy (non-hydrogen) atoms. The molecule has 1 amide bonds. The molecule has 1 heterocycles. The second-order valence-electron chi connectivity index (χ2n) is 4.01. The molecule has 1 unspecified atom stereocenters. The summed E-state index contributed by atoms with van der Waals surface area (Å²) in [5.41, 5.74) is 11.3. The van der Waals surface area contributed by atoms with E-state index in [0.717, 1.165) is 19.3 Å². The fourth-order valence-corrected chi connectivity index (χ4v) is 1.57. The van der Waals surface area contributed by atoms with Gasteiger partial charge < -0.3 is 16.8 Å². The molecule has 0 radical (unpaired) electrons. The lowest BCUT2D eigenvalue weighted by Crippen LogP contribution is -2.29. The molecule has 1 rings (SSSR count). The molecule has 1 aromatic heterocycles. The van der Waals surface area contributed by atoms with Crippen LogP contribution in [-0.4, -0.2) is 23.5 Å². The van der Waals surface area contributed by atoms with Gasteiger partial charge in [0.05, 0.1) is 0 Å². The molecule has 5 nitrogen and oxygen atoms in total. The van der Waals surface area contributed by atoms with Crippen molar-refractivity contribution in [1.82, 2.24) is 4.98 Å². The Morgan fingerprint density at radius 1 is 1.59 bits per heavy atom. The summed E-state index contributed by atoms with van der Waals surface area (Å²) in [7, 11) is 0. The Balaban J connectivity index is 2.65. The average Bonchev–Trinajstić information content (AvgIpc) is 2.34. The summed E-state index contributed by atoms with van der Waals surface area (Å²) in [6.07, 6.45) is 4.81. The van der Waals surface area contributed by atoms with E-state index in [1.807, 2.05) is 0 Å². The SMILES string of the molecule is CCCCC(CN)Nc1cc(C(N)=O)ccn1. The van der Waals surface area contributed by atoms with Gasteiger partial charge in [0, 0.05) is 24.3 Å². The van der Waals surface area contributed by atoms with Crippen LogP contribution in [0.25, 0.3) is 0 Å². The smallest absolute Gasteiger partial charge is 0.248 e. The van der Waals surface area contributed by atoms with Crippen molar-refractivity contribution in [2.24, 2.45) is 11.5 Å². The maximum absolute atomic E-state index is 11.0. The quantitative estimate of drug-likeness (QED) is 0.661. The minimum atomic E-state index is -0.451. The number of unbranched alkanes of at least 4 members (excludes halogenated alkanes) is 1. The highest BCUT2D eigenvalue weighted by atomic mass is 16.1. The number of hydrogen-bond acceptors (Lipinski definition) is 4. The Bertz CT molecular complexity index is 367. The molecular weight excluding hydrogens is 216 g/mol. The van der Waals surface area contributed by atoms with E-state index in [4.69, 9.17) is 11.5 Å². The number of rotatable bonds is 7. The fraction of sp³-hybridized carbons (Fsp3) is 0.500. The van der Waals surface area contributed by atoms with Gasteiger partial charge in [-0.1, -0.05) is 19.8 Å². The van der Waals surface area contributed by atoms with Crippen LogP contribution in [0.15, 0.2) is 18.3 Å². The summed E-state index contributed by atoms with van der Waals surface area (Å²) in [6, 6.07) is 3.43. The van der Waals surface area contributed by atoms with Gasteiger partial charge in [0.25, 0.3) is 0 Å². The van der Waals surface area contributed by atoms with Crippen molar-refractivity contribution < 1.29 is 4.79 Å². The first-order valence-corrected chi connectivity index (χ1v) is 5.89. The highest BCUT2D eigenvalue weighted by Gasteiger charge is 2.08. The molecule has 5 heteroatoms. The molecule has 0 bridgehead atoms. The zero-order chi connectivity index (χ0) is 12.7. The molecule has 0 saturated heterocycles. The number of primary amides is 1. The van der Waals surface area contributed by atoms with Crippen LogP contribution in [0.3, 0.4) is 0 Å². The number of anilines is 1. The van der Waals surface area contributed by atoms with Gasteiger partial charge in [0.15, 0.2) is 0 Å². The Morgan fingerprint density at radius 2 is 2.35 bits per heavy atom. The Labute approximate surface area is 102 Å². The second kappa shape index (κ2) is 6.85. The summed E-state index contributed by atoms with van der Waals surface area (Å²) in [6.45, 7) is 2.68. The number of nitrogens with zero attached hydrogens (tertiary/aromatic N) is 1. The Morgan fingerprint density at radius 3 is 2.94 bits per heavy atom. The number of hydrogen-bond donors (Lipinski definition) is 3. The molecule has 0 saturated carbocycles. The lowest BCUT2D eigenvalue weighted by atomic mass is 10.1. The van der Waals surface area contributed by atoms with E-state index in [1.165, 1.54) is 0 Å². The monoisotopic (exact) mass is 236 g/mol. The second-order valence-corrected chi connectivity index (χ2v) is 4.01. The lowest BCUT2D eigenvalue weighted by Gasteiger charge is -2.17. The van der Waals surface area contributed by atoms with Crippen LogP contribution in [0, 0.1) is 0 Å². The van der Waals surface area contributed by atoms with Crippen molar-refractivity contribution >= 4 is 11.7 Å². The predicted molar refractivity (Wildman–Crippen MR) is 68.7 cm³/mol. The Kier molecular flexibility index (Phi) is 5.42. The van der Waals surface area contributed by atoms with Crippen LogP contribution < -0.4 is 16.8 Å². The van der Waals surface area contributed by atoms with E-state index < -0.39 is 5.91 Å². The van der Waals surface area contributed by atoms with Crippen molar-refractivity contribution in [1.29, 1.82) is 0 Å². The fourth-order valence-electron chi connectivity index (χ4n) is 1.57. The maximum atomic E-state index is 11.0. The zero-order valence-electron chi connectivity index (χ0n) is 10.1. The van der Waals surface area contributed by atoms with Gasteiger partial charge in [-0.3, -0.25) is 4.79 Å². The number of carbonyl (C=O) groups excluding carboxylic acids is 1. The summed E-state index contributed by atoms with van der Waals surface area (Å²) in [5.74, 6) is 0.196. The molecule has 0 fully saturated rings. The van der Waals surface area contributed by atoms with Gasteiger partial charge in [-0.05, 0) is 18.6 Å². The molecule has 0 aliphatic rings. The van der Waals surface area contributed by atoms with Crippen molar-refractivity contribution in [2.75, 3.05) is 11.9 Å². The number of nitrogens with one attached hydrogen (secondary N) is 1. The van der Waals surface area contributed by atoms with Crippen molar-refractivity contribution in [2.45, 2.75) is 32.2 Å². The highest BCUT2D eigenvalue weighted by Crippen LogP contribution is 2.10. The first-order valence-electron chi connectivity index (χ1n) is 5.89. The molecular formula is C12H20N4O. The van der Waals surface area contributed by atoms with Crippen LogP contribution in [0.2, 0.25) is 0 Å². The van der Waals surface area contributed by atoms with Crippen LogP contribution >= 0.6 is 0 Å². The molecule has 0 aromatic carbocycles.